The average molecular weight is 375 g/mol. The number of halogens is 2. The summed E-state index contributed by atoms with van der Waals surface area (Å²) < 4.78 is 13.2. The Hall–Kier alpha value is -2.93. The number of rotatable bonds is 3. The van der Waals surface area contributed by atoms with Crippen LogP contribution in [-0.2, 0) is 9.59 Å². The number of aliphatic imine (C=N–C) groups is 1. The second-order valence-electron chi connectivity index (χ2n) is 5.85. The van der Waals surface area contributed by atoms with E-state index in [1.807, 2.05) is 31.2 Å². The summed E-state index contributed by atoms with van der Waals surface area (Å²) >= 11 is 5.70. The molecule has 1 unspecified atom stereocenters. The molecule has 3 N–H and O–H groups in total. The maximum absolute atomic E-state index is 13.2. The Morgan fingerprint density at radius 1 is 1.23 bits per heavy atom. The van der Waals surface area contributed by atoms with Crippen LogP contribution in [0.1, 0.15) is 12.0 Å². The van der Waals surface area contributed by atoms with E-state index >= 15 is 0 Å². The van der Waals surface area contributed by atoms with Crippen molar-refractivity contribution >= 4 is 40.7 Å². The lowest BCUT2D eigenvalue weighted by Gasteiger charge is -2.21. The van der Waals surface area contributed by atoms with Gasteiger partial charge < -0.3 is 10.6 Å². The van der Waals surface area contributed by atoms with Gasteiger partial charge in [0.25, 0.3) is 0 Å². The monoisotopic (exact) mass is 374 g/mol. The Kier molecular flexibility index (Phi) is 5.18. The maximum Gasteiger partial charge on any atom is 0.249 e. The van der Waals surface area contributed by atoms with Crippen LogP contribution in [0, 0.1) is 12.7 Å². The summed E-state index contributed by atoms with van der Waals surface area (Å²) in [6.07, 6.45) is -0.0835. The van der Waals surface area contributed by atoms with Crippen molar-refractivity contribution in [3.8, 4) is 0 Å². The molecule has 1 aliphatic rings. The van der Waals surface area contributed by atoms with Gasteiger partial charge in [0.05, 0.1) is 11.4 Å². The van der Waals surface area contributed by atoms with E-state index in [0.29, 0.717) is 5.69 Å². The SMILES string of the molecule is Cc1ccc(NC2=NC(C(=O)Nc3ccc(F)c(Cl)c3)CC(=O)N2)cc1. The largest absolute Gasteiger partial charge is 0.326 e. The van der Waals surface area contributed by atoms with E-state index in [1.54, 1.807) is 0 Å². The number of carbonyl (C=O) groups is 2. The lowest BCUT2D eigenvalue weighted by Crippen LogP contribution is -2.45. The van der Waals surface area contributed by atoms with Gasteiger partial charge in [-0.2, -0.15) is 0 Å². The zero-order valence-corrected chi connectivity index (χ0v) is 14.6. The Balaban J connectivity index is 1.73. The van der Waals surface area contributed by atoms with Crippen molar-refractivity contribution < 1.29 is 14.0 Å². The molecular formula is C18H16ClFN4O2. The molecule has 0 spiro atoms. The maximum atomic E-state index is 13.2. The molecule has 2 amide bonds. The summed E-state index contributed by atoms with van der Waals surface area (Å²) in [4.78, 5) is 28.5. The first kappa shape index (κ1) is 17.9. The lowest BCUT2D eigenvalue weighted by atomic mass is 10.1. The number of aryl methyl sites for hydroxylation is 1. The first-order chi connectivity index (χ1) is 12.4. The van der Waals surface area contributed by atoms with Crippen molar-refractivity contribution in [2.45, 2.75) is 19.4 Å². The van der Waals surface area contributed by atoms with E-state index in [1.165, 1.54) is 12.1 Å². The van der Waals surface area contributed by atoms with E-state index in [2.05, 4.69) is 20.9 Å². The number of carbonyl (C=O) groups excluding carboxylic acids is 2. The minimum Gasteiger partial charge on any atom is -0.326 e. The highest BCUT2D eigenvalue weighted by Gasteiger charge is 2.27. The molecule has 3 rings (SSSR count). The van der Waals surface area contributed by atoms with Gasteiger partial charge in [0.2, 0.25) is 17.8 Å². The highest BCUT2D eigenvalue weighted by molar-refractivity contribution is 6.31. The van der Waals surface area contributed by atoms with Crippen molar-refractivity contribution in [3.05, 3.63) is 58.9 Å². The molecule has 1 atom stereocenters. The molecule has 1 heterocycles. The highest BCUT2D eigenvalue weighted by Crippen LogP contribution is 2.20. The number of amides is 2. The third-order valence-electron chi connectivity index (χ3n) is 3.73. The first-order valence-electron chi connectivity index (χ1n) is 7.88. The molecule has 0 aliphatic carbocycles. The molecule has 2 aromatic rings. The van der Waals surface area contributed by atoms with Crippen LogP contribution >= 0.6 is 11.6 Å². The minimum absolute atomic E-state index is 0.0835. The van der Waals surface area contributed by atoms with Crippen molar-refractivity contribution in [2.24, 2.45) is 4.99 Å². The summed E-state index contributed by atoms with van der Waals surface area (Å²) in [5.41, 5.74) is 2.16. The molecule has 134 valence electrons. The molecule has 0 fully saturated rings. The van der Waals surface area contributed by atoms with Crippen LogP contribution in [-0.4, -0.2) is 23.8 Å². The number of nitrogens with one attached hydrogen (secondary N) is 3. The van der Waals surface area contributed by atoms with Gasteiger partial charge in [-0.05, 0) is 37.3 Å². The van der Waals surface area contributed by atoms with Crippen molar-refractivity contribution in [1.29, 1.82) is 0 Å². The van der Waals surface area contributed by atoms with Crippen LogP contribution in [0.25, 0.3) is 0 Å². The van der Waals surface area contributed by atoms with Crippen molar-refractivity contribution in [2.75, 3.05) is 10.6 Å². The van der Waals surface area contributed by atoms with Crippen LogP contribution in [0.2, 0.25) is 5.02 Å². The predicted molar refractivity (Wildman–Crippen MR) is 98.8 cm³/mol. The van der Waals surface area contributed by atoms with Crippen molar-refractivity contribution in [1.82, 2.24) is 5.32 Å². The van der Waals surface area contributed by atoms with Gasteiger partial charge >= 0.3 is 0 Å². The molecular weight excluding hydrogens is 359 g/mol. The quantitative estimate of drug-likeness (QED) is 0.772. The number of guanidine groups is 1. The summed E-state index contributed by atoms with van der Waals surface area (Å²) in [5.74, 6) is -1.19. The molecule has 6 nitrogen and oxygen atoms in total. The molecule has 0 radical (unpaired) electrons. The van der Waals surface area contributed by atoms with Gasteiger partial charge in [0.1, 0.15) is 11.9 Å². The second kappa shape index (κ2) is 7.53. The van der Waals surface area contributed by atoms with E-state index in [4.69, 9.17) is 11.6 Å². The van der Waals surface area contributed by atoms with Gasteiger partial charge in [0, 0.05) is 11.4 Å². The number of hydrogen-bond acceptors (Lipinski definition) is 4. The number of anilines is 2. The smallest absolute Gasteiger partial charge is 0.249 e. The Bertz CT molecular complexity index is 883. The van der Waals surface area contributed by atoms with Gasteiger partial charge in [-0.3, -0.25) is 14.9 Å². The number of benzene rings is 2. The van der Waals surface area contributed by atoms with Crippen LogP contribution in [0.15, 0.2) is 47.5 Å². The fourth-order valence-corrected chi connectivity index (χ4v) is 2.56. The van der Waals surface area contributed by atoms with E-state index in [-0.39, 0.29) is 23.3 Å². The fraction of sp³-hybridized carbons (Fsp3) is 0.167. The standard InChI is InChI=1S/C18H16ClFN4O2/c1-10-2-4-11(5-3-10)22-18-23-15(9-16(25)24-18)17(26)21-12-6-7-14(20)13(19)8-12/h2-8,15H,9H2,1H3,(H,21,26)(H2,22,23,24,25). The zero-order chi connectivity index (χ0) is 18.7. The molecule has 0 bridgehead atoms. The molecule has 2 aromatic carbocycles. The zero-order valence-electron chi connectivity index (χ0n) is 13.8. The van der Waals surface area contributed by atoms with E-state index in [9.17, 15) is 14.0 Å². The van der Waals surface area contributed by atoms with Crippen molar-refractivity contribution in [3.63, 3.8) is 0 Å². The van der Waals surface area contributed by atoms with Gasteiger partial charge in [0.15, 0.2) is 0 Å². The normalized spacial score (nSPS) is 16.5. The summed E-state index contributed by atoms with van der Waals surface area (Å²) in [6, 6.07) is 10.4. The minimum atomic E-state index is -0.902. The molecule has 8 heteroatoms. The average Bonchev–Trinajstić information content (AvgIpc) is 2.60. The topological polar surface area (TPSA) is 82.6 Å². The molecule has 1 aliphatic heterocycles. The number of nitrogens with zero attached hydrogens (tertiary/aromatic N) is 1. The van der Waals surface area contributed by atoms with E-state index in [0.717, 1.165) is 17.3 Å². The fourth-order valence-electron chi connectivity index (χ4n) is 2.38. The Morgan fingerprint density at radius 2 is 1.92 bits per heavy atom. The molecule has 0 saturated carbocycles. The van der Waals surface area contributed by atoms with Crippen LogP contribution < -0.4 is 16.0 Å². The summed E-state index contributed by atoms with van der Waals surface area (Å²) in [6.45, 7) is 1.96. The van der Waals surface area contributed by atoms with E-state index < -0.39 is 17.8 Å². The Labute approximate surface area is 154 Å². The van der Waals surface area contributed by atoms with Gasteiger partial charge in [-0.15, -0.1) is 0 Å². The third-order valence-corrected chi connectivity index (χ3v) is 4.02. The van der Waals surface area contributed by atoms with Crippen LogP contribution in [0.4, 0.5) is 15.8 Å². The lowest BCUT2D eigenvalue weighted by molar-refractivity contribution is -0.124. The summed E-state index contributed by atoms with van der Waals surface area (Å²) in [5, 5.41) is 8.05. The predicted octanol–water partition coefficient (Wildman–Crippen LogP) is 3.08. The second-order valence-corrected chi connectivity index (χ2v) is 6.26. The molecule has 26 heavy (non-hydrogen) atoms. The summed E-state index contributed by atoms with van der Waals surface area (Å²) in [7, 11) is 0. The van der Waals surface area contributed by atoms with Gasteiger partial charge in [-0.25, -0.2) is 9.38 Å². The molecule has 0 aromatic heterocycles. The highest BCUT2D eigenvalue weighted by atomic mass is 35.5. The molecule has 0 saturated heterocycles. The van der Waals surface area contributed by atoms with Crippen LogP contribution in [0.3, 0.4) is 0 Å². The van der Waals surface area contributed by atoms with Gasteiger partial charge in [-0.1, -0.05) is 29.3 Å². The first-order valence-corrected chi connectivity index (χ1v) is 8.26. The Morgan fingerprint density at radius 3 is 2.62 bits per heavy atom. The van der Waals surface area contributed by atoms with Crippen LogP contribution in [0.5, 0.6) is 0 Å². The number of hydrogen-bond donors (Lipinski definition) is 3. The third kappa shape index (κ3) is 4.37.